The van der Waals surface area contributed by atoms with Crippen LogP contribution in [0.1, 0.15) is 6.42 Å². The van der Waals surface area contributed by atoms with Gasteiger partial charge in [-0.3, -0.25) is 4.79 Å². The van der Waals surface area contributed by atoms with E-state index in [9.17, 15) is 13.6 Å². The van der Waals surface area contributed by atoms with E-state index >= 15 is 0 Å². The van der Waals surface area contributed by atoms with Gasteiger partial charge in [0.05, 0.1) is 5.69 Å². The summed E-state index contributed by atoms with van der Waals surface area (Å²) >= 11 is 1.80. The number of ether oxygens (including phenoxy) is 1. The fourth-order valence-electron chi connectivity index (χ4n) is 1.94. The van der Waals surface area contributed by atoms with Gasteiger partial charge >= 0.3 is 6.61 Å². The van der Waals surface area contributed by atoms with Crippen molar-refractivity contribution in [1.29, 1.82) is 0 Å². The lowest BCUT2D eigenvalue weighted by Gasteiger charge is -2.22. The molecule has 7 heteroatoms. The molecule has 20 heavy (non-hydrogen) atoms. The quantitative estimate of drug-likeness (QED) is 0.876. The summed E-state index contributed by atoms with van der Waals surface area (Å²) < 4.78 is 28.9. The van der Waals surface area contributed by atoms with Gasteiger partial charge in [0.25, 0.3) is 0 Å². The maximum Gasteiger partial charge on any atom is 0.387 e. The number of carbonyl (C=O) groups excluding carboxylic acids is 1. The van der Waals surface area contributed by atoms with Crippen molar-refractivity contribution in [3.8, 4) is 5.75 Å². The fraction of sp³-hybridized carbons (Fsp3) is 0.462. The first-order valence-corrected chi connectivity index (χ1v) is 7.45. The first-order valence-electron chi connectivity index (χ1n) is 6.30. The van der Waals surface area contributed by atoms with Gasteiger partial charge in [-0.25, -0.2) is 0 Å². The number of thioether (sulfide) groups is 1. The molecule has 110 valence electrons. The topological polar surface area (TPSA) is 50.4 Å². The molecule has 1 atom stereocenters. The van der Waals surface area contributed by atoms with Crippen molar-refractivity contribution >= 4 is 23.4 Å². The zero-order chi connectivity index (χ0) is 14.4. The Morgan fingerprint density at radius 3 is 3.00 bits per heavy atom. The molecule has 1 amide bonds. The zero-order valence-corrected chi connectivity index (χ0v) is 11.6. The Hall–Kier alpha value is -1.34. The summed E-state index contributed by atoms with van der Waals surface area (Å²) in [6.07, 6.45) is 0.315. The number of nitrogens with one attached hydrogen (secondary N) is 2. The van der Waals surface area contributed by atoms with Gasteiger partial charge in [-0.15, -0.1) is 0 Å². The summed E-state index contributed by atoms with van der Waals surface area (Å²) in [5, 5.41) is 5.87. The SMILES string of the molecule is O=C(CC1CSCCN1)Nc1ccccc1OC(F)F. The Morgan fingerprint density at radius 1 is 1.50 bits per heavy atom. The number of para-hydroxylation sites is 2. The van der Waals surface area contributed by atoms with E-state index in [1.165, 1.54) is 6.07 Å². The molecule has 4 nitrogen and oxygen atoms in total. The first kappa shape index (κ1) is 15.1. The average molecular weight is 302 g/mol. The molecule has 1 saturated heterocycles. The van der Waals surface area contributed by atoms with Crippen molar-refractivity contribution in [2.45, 2.75) is 19.1 Å². The van der Waals surface area contributed by atoms with Gasteiger partial charge in [0, 0.05) is 30.5 Å². The minimum Gasteiger partial charge on any atom is -0.433 e. The zero-order valence-electron chi connectivity index (χ0n) is 10.8. The second kappa shape index (κ2) is 7.44. The predicted octanol–water partition coefficient (Wildman–Crippen LogP) is 2.32. The van der Waals surface area contributed by atoms with E-state index in [0.29, 0.717) is 6.42 Å². The minimum atomic E-state index is -2.91. The second-order valence-electron chi connectivity index (χ2n) is 4.35. The van der Waals surface area contributed by atoms with Gasteiger partial charge in [-0.1, -0.05) is 12.1 Å². The first-order chi connectivity index (χ1) is 9.65. The lowest BCUT2D eigenvalue weighted by Crippen LogP contribution is -2.39. The van der Waals surface area contributed by atoms with Crippen LogP contribution in [-0.2, 0) is 4.79 Å². The van der Waals surface area contributed by atoms with Crippen molar-refractivity contribution in [1.82, 2.24) is 5.32 Å². The third-order valence-corrected chi connectivity index (χ3v) is 3.94. The lowest BCUT2D eigenvalue weighted by molar-refractivity contribution is -0.116. The summed E-state index contributed by atoms with van der Waals surface area (Å²) in [7, 11) is 0. The number of anilines is 1. The molecule has 1 aliphatic heterocycles. The average Bonchev–Trinajstić information content (AvgIpc) is 2.41. The molecule has 1 aliphatic rings. The van der Waals surface area contributed by atoms with Crippen molar-refractivity contribution in [3.05, 3.63) is 24.3 Å². The highest BCUT2D eigenvalue weighted by molar-refractivity contribution is 7.99. The molecule has 0 aliphatic carbocycles. The second-order valence-corrected chi connectivity index (χ2v) is 5.50. The monoisotopic (exact) mass is 302 g/mol. The number of hydrogen-bond donors (Lipinski definition) is 2. The standard InChI is InChI=1S/C13H16F2N2O2S/c14-13(15)19-11-4-2-1-3-10(11)17-12(18)7-9-8-20-6-5-16-9/h1-4,9,13,16H,5-8H2,(H,17,18). The third kappa shape index (κ3) is 4.64. The van der Waals surface area contributed by atoms with E-state index in [0.717, 1.165) is 18.1 Å². The molecule has 1 fully saturated rings. The molecule has 1 aromatic rings. The van der Waals surface area contributed by atoms with Crippen LogP contribution >= 0.6 is 11.8 Å². The number of hydrogen-bond acceptors (Lipinski definition) is 4. The van der Waals surface area contributed by atoms with Crippen LogP contribution in [0.4, 0.5) is 14.5 Å². The smallest absolute Gasteiger partial charge is 0.387 e. The van der Waals surface area contributed by atoms with Crippen molar-refractivity contribution < 1.29 is 18.3 Å². The normalized spacial score (nSPS) is 18.9. The maximum atomic E-state index is 12.3. The number of amides is 1. The van der Waals surface area contributed by atoms with Gasteiger partial charge < -0.3 is 15.4 Å². The van der Waals surface area contributed by atoms with Crippen molar-refractivity contribution in [2.24, 2.45) is 0 Å². The Morgan fingerprint density at radius 2 is 2.30 bits per heavy atom. The molecule has 1 unspecified atom stereocenters. The van der Waals surface area contributed by atoms with Crippen LogP contribution in [0, 0.1) is 0 Å². The van der Waals surface area contributed by atoms with Crippen molar-refractivity contribution in [2.75, 3.05) is 23.4 Å². The number of halogens is 2. The molecule has 0 bridgehead atoms. The highest BCUT2D eigenvalue weighted by Crippen LogP contribution is 2.25. The molecule has 2 N–H and O–H groups in total. The van der Waals surface area contributed by atoms with Gasteiger partial charge in [-0.2, -0.15) is 20.5 Å². The molecule has 0 spiro atoms. The highest BCUT2D eigenvalue weighted by atomic mass is 32.2. The number of benzene rings is 1. The Kier molecular flexibility index (Phi) is 5.60. The Labute approximate surface area is 120 Å². The van der Waals surface area contributed by atoms with Crippen LogP contribution in [-0.4, -0.2) is 36.6 Å². The summed E-state index contributed by atoms with van der Waals surface area (Å²) in [6, 6.07) is 6.29. The summed E-state index contributed by atoms with van der Waals surface area (Å²) in [5.74, 6) is 1.68. The Bertz CT molecular complexity index is 454. The van der Waals surface area contributed by atoms with E-state index in [1.807, 2.05) is 0 Å². The molecule has 1 heterocycles. The fourth-order valence-corrected chi connectivity index (χ4v) is 2.89. The molecule has 0 radical (unpaired) electrons. The van der Waals surface area contributed by atoms with E-state index in [-0.39, 0.29) is 23.4 Å². The predicted molar refractivity (Wildman–Crippen MR) is 75.4 cm³/mol. The van der Waals surface area contributed by atoms with Crippen LogP contribution in [0.25, 0.3) is 0 Å². The number of carbonyl (C=O) groups is 1. The molecule has 1 aromatic carbocycles. The van der Waals surface area contributed by atoms with Crippen LogP contribution in [0.2, 0.25) is 0 Å². The van der Waals surface area contributed by atoms with E-state index in [1.54, 1.807) is 30.0 Å². The van der Waals surface area contributed by atoms with Gasteiger partial charge in [0.2, 0.25) is 5.91 Å². The highest BCUT2D eigenvalue weighted by Gasteiger charge is 2.18. The molecule has 0 aromatic heterocycles. The summed E-state index contributed by atoms with van der Waals surface area (Å²) in [6.45, 7) is -2.03. The van der Waals surface area contributed by atoms with Crippen LogP contribution in [0.5, 0.6) is 5.75 Å². The van der Waals surface area contributed by atoms with Crippen LogP contribution < -0.4 is 15.4 Å². The Balaban J connectivity index is 1.93. The molecule has 0 saturated carbocycles. The number of rotatable bonds is 5. The van der Waals surface area contributed by atoms with E-state index < -0.39 is 6.61 Å². The summed E-state index contributed by atoms with van der Waals surface area (Å²) in [4.78, 5) is 11.9. The maximum absolute atomic E-state index is 12.3. The van der Waals surface area contributed by atoms with Gasteiger partial charge in [0.15, 0.2) is 0 Å². The molecular weight excluding hydrogens is 286 g/mol. The van der Waals surface area contributed by atoms with E-state index in [4.69, 9.17) is 0 Å². The minimum absolute atomic E-state index is 0.0261. The van der Waals surface area contributed by atoms with Crippen molar-refractivity contribution in [3.63, 3.8) is 0 Å². The van der Waals surface area contributed by atoms with Gasteiger partial charge in [0.1, 0.15) is 5.75 Å². The molecular formula is C13H16F2N2O2S. The van der Waals surface area contributed by atoms with Crippen LogP contribution in [0.15, 0.2) is 24.3 Å². The van der Waals surface area contributed by atoms with Crippen LogP contribution in [0.3, 0.4) is 0 Å². The summed E-state index contributed by atoms with van der Waals surface area (Å²) in [5.41, 5.74) is 0.265. The third-order valence-electron chi connectivity index (χ3n) is 2.81. The van der Waals surface area contributed by atoms with E-state index in [2.05, 4.69) is 15.4 Å². The lowest BCUT2D eigenvalue weighted by atomic mass is 10.2. The molecule has 2 rings (SSSR count). The van der Waals surface area contributed by atoms with Gasteiger partial charge in [-0.05, 0) is 12.1 Å². The largest absolute Gasteiger partial charge is 0.433 e. The number of alkyl halides is 2.